The SMILES string of the molecule is CS(=O)(=O)C1=C(C(N)=O)CC2=Nc3ccccc3C(=O)C2=C1. The average Bonchev–Trinajstić information content (AvgIpc) is 2.45. The Kier molecular flexibility index (Phi) is 3.10. The fraction of sp³-hybridized carbons (Fsp3) is 0.133. The van der Waals surface area contributed by atoms with Crippen LogP contribution in [0.2, 0.25) is 0 Å². The van der Waals surface area contributed by atoms with Crippen molar-refractivity contribution >= 4 is 32.9 Å². The summed E-state index contributed by atoms with van der Waals surface area (Å²) in [5, 5.41) is 0. The number of rotatable bonds is 2. The number of nitrogens with two attached hydrogens (primary N) is 1. The van der Waals surface area contributed by atoms with Gasteiger partial charge >= 0.3 is 0 Å². The second-order valence-electron chi connectivity index (χ2n) is 5.12. The average molecular weight is 316 g/mol. The molecule has 0 radical (unpaired) electrons. The van der Waals surface area contributed by atoms with Gasteiger partial charge in [-0.2, -0.15) is 0 Å². The number of amides is 1. The first-order chi connectivity index (χ1) is 10.3. The molecule has 7 heteroatoms. The van der Waals surface area contributed by atoms with E-state index in [1.54, 1.807) is 24.3 Å². The minimum Gasteiger partial charge on any atom is -0.366 e. The van der Waals surface area contributed by atoms with E-state index in [0.29, 0.717) is 17.0 Å². The first-order valence-electron chi connectivity index (χ1n) is 6.45. The molecule has 3 rings (SSSR count). The molecule has 6 nitrogen and oxygen atoms in total. The molecule has 1 aromatic rings. The molecule has 2 aliphatic rings. The van der Waals surface area contributed by atoms with Crippen molar-refractivity contribution in [1.29, 1.82) is 0 Å². The summed E-state index contributed by atoms with van der Waals surface area (Å²) in [7, 11) is -3.68. The Hall–Kier alpha value is -2.54. The van der Waals surface area contributed by atoms with E-state index < -0.39 is 15.7 Å². The zero-order valence-electron chi connectivity index (χ0n) is 11.7. The lowest BCUT2D eigenvalue weighted by Gasteiger charge is -2.23. The highest BCUT2D eigenvalue weighted by atomic mass is 32.2. The molecular weight excluding hydrogens is 304 g/mol. The van der Waals surface area contributed by atoms with Crippen molar-refractivity contribution in [2.75, 3.05) is 6.26 Å². The summed E-state index contributed by atoms with van der Waals surface area (Å²) in [6.07, 6.45) is 2.12. The Morgan fingerprint density at radius 1 is 1.27 bits per heavy atom. The molecule has 0 saturated heterocycles. The van der Waals surface area contributed by atoms with Crippen LogP contribution >= 0.6 is 0 Å². The number of benzene rings is 1. The molecule has 112 valence electrons. The van der Waals surface area contributed by atoms with E-state index >= 15 is 0 Å². The highest BCUT2D eigenvalue weighted by molar-refractivity contribution is 7.94. The molecule has 2 N–H and O–H groups in total. The van der Waals surface area contributed by atoms with Crippen LogP contribution in [0.5, 0.6) is 0 Å². The van der Waals surface area contributed by atoms with Crippen LogP contribution in [-0.2, 0) is 14.6 Å². The molecule has 0 fully saturated rings. The van der Waals surface area contributed by atoms with Crippen molar-refractivity contribution in [3.8, 4) is 0 Å². The van der Waals surface area contributed by atoms with E-state index in [4.69, 9.17) is 5.73 Å². The molecule has 0 spiro atoms. The first kappa shape index (κ1) is 14.4. The number of allylic oxidation sites excluding steroid dienone is 2. The van der Waals surface area contributed by atoms with Gasteiger partial charge in [0.15, 0.2) is 15.6 Å². The standard InChI is InChI=1S/C15H12N2O4S/c1-22(20,21)13-7-9-12(6-10(13)15(16)19)17-11-5-3-2-4-8(11)14(9)18/h2-5,7H,6H2,1H3,(H2,16,19). The predicted molar refractivity (Wildman–Crippen MR) is 81.6 cm³/mol. The second kappa shape index (κ2) is 4.74. The number of carbonyl (C=O) groups is 2. The Morgan fingerprint density at radius 2 is 1.95 bits per heavy atom. The lowest BCUT2D eigenvalue weighted by molar-refractivity contribution is -0.114. The number of aliphatic imine (C=N–C) groups is 1. The van der Waals surface area contributed by atoms with Crippen molar-refractivity contribution in [1.82, 2.24) is 0 Å². The number of hydrogen-bond donors (Lipinski definition) is 1. The van der Waals surface area contributed by atoms with Gasteiger partial charge in [-0.3, -0.25) is 14.6 Å². The van der Waals surface area contributed by atoms with Gasteiger partial charge in [0.25, 0.3) is 0 Å². The Morgan fingerprint density at radius 3 is 2.59 bits per heavy atom. The van der Waals surface area contributed by atoms with E-state index in [1.807, 2.05) is 0 Å². The van der Waals surface area contributed by atoms with Crippen LogP contribution in [0.1, 0.15) is 16.8 Å². The topological polar surface area (TPSA) is 107 Å². The van der Waals surface area contributed by atoms with Gasteiger partial charge in [0, 0.05) is 29.4 Å². The largest absolute Gasteiger partial charge is 0.366 e. The lowest BCUT2D eigenvalue weighted by atomic mass is 9.87. The maximum Gasteiger partial charge on any atom is 0.246 e. The fourth-order valence-corrected chi connectivity index (χ4v) is 3.49. The fourth-order valence-electron chi connectivity index (χ4n) is 2.54. The van der Waals surface area contributed by atoms with Crippen LogP contribution in [0.25, 0.3) is 0 Å². The molecular formula is C15H12N2O4S. The van der Waals surface area contributed by atoms with E-state index in [9.17, 15) is 18.0 Å². The smallest absolute Gasteiger partial charge is 0.246 e. The molecule has 0 saturated carbocycles. The van der Waals surface area contributed by atoms with Gasteiger partial charge in [-0.25, -0.2) is 8.42 Å². The van der Waals surface area contributed by atoms with Crippen molar-refractivity contribution in [2.45, 2.75) is 6.42 Å². The van der Waals surface area contributed by atoms with Crippen LogP contribution in [0.3, 0.4) is 0 Å². The van der Waals surface area contributed by atoms with Gasteiger partial charge < -0.3 is 5.73 Å². The van der Waals surface area contributed by atoms with E-state index in [-0.39, 0.29) is 28.3 Å². The summed E-state index contributed by atoms with van der Waals surface area (Å²) < 4.78 is 23.7. The number of sulfone groups is 1. The normalized spacial score (nSPS) is 17.4. The van der Waals surface area contributed by atoms with E-state index in [0.717, 1.165) is 6.26 Å². The molecule has 1 aliphatic carbocycles. The van der Waals surface area contributed by atoms with Crippen LogP contribution in [0, 0.1) is 0 Å². The van der Waals surface area contributed by atoms with Crippen LogP contribution < -0.4 is 5.73 Å². The third-order valence-electron chi connectivity index (χ3n) is 3.57. The number of primary amides is 1. The summed E-state index contributed by atoms with van der Waals surface area (Å²) in [5.41, 5.74) is 6.71. The summed E-state index contributed by atoms with van der Waals surface area (Å²) >= 11 is 0. The van der Waals surface area contributed by atoms with E-state index in [2.05, 4.69) is 4.99 Å². The molecule has 0 aromatic heterocycles. The van der Waals surface area contributed by atoms with Gasteiger partial charge in [-0.05, 0) is 18.2 Å². The van der Waals surface area contributed by atoms with E-state index in [1.165, 1.54) is 6.08 Å². The van der Waals surface area contributed by atoms with Gasteiger partial charge in [-0.1, -0.05) is 12.1 Å². The monoisotopic (exact) mass is 316 g/mol. The van der Waals surface area contributed by atoms with Gasteiger partial charge in [0.05, 0.1) is 16.3 Å². The second-order valence-corrected chi connectivity index (χ2v) is 7.10. The molecule has 0 atom stereocenters. The Labute approximate surface area is 127 Å². The van der Waals surface area contributed by atoms with Crippen LogP contribution in [0.15, 0.2) is 51.4 Å². The molecule has 0 bridgehead atoms. The van der Waals surface area contributed by atoms with Crippen molar-refractivity contribution < 1.29 is 18.0 Å². The Bertz CT molecular complexity index is 921. The molecule has 1 amide bonds. The van der Waals surface area contributed by atoms with Crippen molar-refractivity contribution in [3.05, 3.63) is 52.0 Å². The van der Waals surface area contributed by atoms with Gasteiger partial charge in [0.2, 0.25) is 5.91 Å². The van der Waals surface area contributed by atoms with Gasteiger partial charge in [-0.15, -0.1) is 0 Å². The minimum atomic E-state index is -3.68. The zero-order chi connectivity index (χ0) is 16.1. The number of fused-ring (bicyclic) bond motifs is 2. The molecule has 1 aliphatic heterocycles. The molecule has 22 heavy (non-hydrogen) atoms. The number of carbonyl (C=O) groups excluding carboxylic acids is 2. The van der Waals surface area contributed by atoms with Crippen LogP contribution in [-0.4, -0.2) is 32.1 Å². The highest BCUT2D eigenvalue weighted by Gasteiger charge is 2.33. The molecule has 1 aromatic carbocycles. The summed E-state index contributed by atoms with van der Waals surface area (Å²) in [6, 6.07) is 6.78. The zero-order valence-corrected chi connectivity index (χ0v) is 12.5. The number of para-hydroxylation sites is 1. The number of nitrogens with zero attached hydrogens (tertiary/aromatic N) is 1. The molecule has 0 unspecified atom stereocenters. The third kappa shape index (κ3) is 2.19. The number of ketones is 1. The maximum absolute atomic E-state index is 12.5. The van der Waals surface area contributed by atoms with Crippen molar-refractivity contribution in [3.63, 3.8) is 0 Å². The highest BCUT2D eigenvalue weighted by Crippen LogP contribution is 2.35. The minimum absolute atomic E-state index is 0.0443. The number of Topliss-reactive ketones (excluding diaryl/α,β-unsaturated/α-hetero) is 1. The quantitative estimate of drug-likeness (QED) is 0.880. The van der Waals surface area contributed by atoms with Crippen molar-refractivity contribution in [2.24, 2.45) is 10.7 Å². The third-order valence-corrected chi connectivity index (χ3v) is 4.74. The summed E-state index contributed by atoms with van der Waals surface area (Å²) in [5.74, 6) is -1.13. The van der Waals surface area contributed by atoms with Gasteiger partial charge in [0.1, 0.15) is 0 Å². The predicted octanol–water partition coefficient (Wildman–Crippen LogP) is 1.07. The Balaban J connectivity index is 2.26. The first-order valence-corrected chi connectivity index (χ1v) is 8.34. The summed E-state index contributed by atoms with van der Waals surface area (Å²) in [4.78, 5) is 28.2. The number of hydrogen-bond acceptors (Lipinski definition) is 5. The maximum atomic E-state index is 12.5. The summed E-state index contributed by atoms with van der Waals surface area (Å²) in [6.45, 7) is 0. The molecule has 1 heterocycles. The van der Waals surface area contributed by atoms with Crippen LogP contribution in [0.4, 0.5) is 5.69 Å². The lowest BCUT2D eigenvalue weighted by Crippen LogP contribution is -2.28.